The fourth-order valence-electron chi connectivity index (χ4n) is 0.861. The number of ketones is 1. The molecule has 0 aliphatic rings. The van der Waals surface area contributed by atoms with Crippen LogP contribution < -0.4 is 5.32 Å². The van der Waals surface area contributed by atoms with Crippen LogP contribution in [0, 0.1) is 0 Å². The Morgan fingerprint density at radius 1 is 1.77 bits per heavy atom. The standard InChI is InChI=1S/C9H10BrNO2/c1-2-4-11-6-8(12)9-7(10)3-5-13-9/h2-3,5,11H,1,4,6H2. The summed E-state index contributed by atoms with van der Waals surface area (Å²) >= 11 is 3.21. The highest BCUT2D eigenvalue weighted by Gasteiger charge is 2.12. The first-order valence-corrected chi connectivity index (χ1v) is 4.63. The lowest BCUT2D eigenvalue weighted by Crippen LogP contribution is -2.22. The summed E-state index contributed by atoms with van der Waals surface area (Å²) in [7, 11) is 0. The second-order valence-corrected chi connectivity index (χ2v) is 3.29. The Bertz CT molecular complexity index is 306. The zero-order valence-electron chi connectivity index (χ0n) is 7.05. The van der Waals surface area contributed by atoms with Crippen LogP contribution in [0.4, 0.5) is 0 Å². The van der Waals surface area contributed by atoms with E-state index in [2.05, 4.69) is 27.8 Å². The molecule has 0 saturated heterocycles. The van der Waals surface area contributed by atoms with Crippen molar-refractivity contribution < 1.29 is 9.21 Å². The molecule has 0 aliphatic carbocycles. The van der Waals surface area contributed by atoms with Crippen LogP contribution in [-0.2, 0) is 0 Å². The van der Waals surface area contributed by atoms with Crippen molar-refractivity contribution in [1.29, 1.82) is 0 Å². The first kappa shape index (κ1) is 10.2. The number of hydrogen-bond acceptors (Lipinski definition) is 3. The predicted molar refractivity (Wildman–Crippen MR) is 53.8 cm³/mol. The summed E-state index contributed by atoms with van der Waals surface area (Å²) < 4.78 is 5.69. The van der Waals surface area contributed by atoms with E-state index in [-0.39, 0.29) is 12.3 Å². The molecule has 0 bridgehead atoms. The van der Waals surface area contributed by atoms with E-state index in [9.17, 15) is 4.79 Å². The highest BCUT2D eigenvalue weighted by Crippen LogP contribution is 2.17. The molecule has 1 N–H and O–H groups in total. The average molecular weight is 244 g/mol. The molecule has 1 rings (SSSR count). The zero-order chi connectivity index (χ0) is 9.68. The van der Waals surface area contributed by atoms with Crippen molar-refractivity contribution in [3.63, 3.8) is 0 Å². The molecule has 0 saturated carbocycles. The summed E-state index contributed by atoms with van der Waals surface area (Å²) in [6.07, 6.45) is 3.18. The van der Waals surface area contributed by atoms with Gasteiger partial charge in [0.05, 0.1) is 17.3 Å². The van der Waals surface area contributed by atoms with Gasteiger partial charge in [0.1, 0.15) is 0 Å². The van der Waals surface area contributed by atoms with E-state index < -0.39 is 0 Å². The lowest BCUT2D eigenvalue weighted by Gasteiger charge is -1.98. The first-order valence-electron chi connectivity index (χ1n) is 3.83. The molecule has 0 radical (unpaired) electrons. The van der Waals surface area contributed by atoms with Crippen molar-refractivity contribution >= 4 is 21.7 Å². The summed E-state index contributed by atoms with van der Waals surface area (Å²) in [6, 6.07) is 1.70. The summed E-state index contributed by atoms with van der Waals surface area (Å²) in [5.74, 6) is 0.287. The van der Waals surface area contributed by atoms with Gasteiger partial charge >= 0.3 is 0 Å². The topological polar surface area (TPSA) is 42.2 Å². The molecule has 13 heavy (non-hydrogen) atoms. The molecule has 0 aliphatic heterocycles. The maximum Gasteiger partial charge on any atom is 0.212 e. The van der Waals surface area contributed by atoms with Gasteiger partial charge in [-0.3, -0.25) is 4.79 Å². The van der Waals surface area contributed by atoms with Crippen LogP contribution in [-0.4, -0.2) is 18.9 Å². The van der Waals surface area contributed by atoms with Crippen molar-refractivity contribution in [3.05, 3.63) is 35.2 Å². The van der Waals surface area contributed by atoms with Crippen LogP contribution in [0.25, 0.3) is 0 Å². The minimum absolute atomic E-state index is 0.0706. The molecule has 0 unspecified atom stereocenters. The molecule has 1 aromatic heterocycles. The van der Waals surface area contributed by atoms with E-state index in [1.54, 1.807) is 12.1 Å². The molecule has 0 amide bonds. The van der Waals surface area contributed by atoms with Crippen LogP contribution >= 0.6 is 15.9 Å². The number of rotatable bonds is 5. The summed E-state index contributed by atoms with van der Waals surface area (Å²) in [4.78, 5) is 11.4. The van der Waals surface area contributed by atoms with Gasteiger partial charge < -0.3 is 9.73 Å². The van der Waals surface area contributed by atoms with Crippen molar-refractivity contribution in [2.75, 3.05) is 13.1 Å². The van der Waals surface area contributed by atoms with E-state index in [0.717, 1.165) is 0 Å². The number of furan rings is 1. The van der Waals surface area contributed by atoms with Gasteiger partial charge in [-0.15, -0.1) is 6.58 Å². The quantitative estimate of drug-likeness (QED) is 0.489. The third kappa shape index (κ3) is 2.82. The first-order chi connectivity index (χ1) is 6.25. The Labute approximate surface area is 84.9 Å². The Balaban J connectivity index is 2.49. The third-order valence-electron chi connectivity index (χ3n) is 1.44. The summed E-state index contributed by atoms with van der Waals surface area (Å²) in [5, 5.41) is 2.90. The number of carbonyl (C=O) groups is 1. The molecule has 3 nitrogen and oxygen atoms in total. The second-order valence-electron chi connectivity index (χ2n) is 2.44. The van der Waals surface area contributed by atoms with Crippen molar-refractivity contribution in [1.82, 2.24) is 5.32 Å². The number of Topliss-reactive ketones (excluding diaryl/α,β-unsaturated/α-hetero) is 1. The minimum atomic E-state index is -0.0706. The SMILES string of the molecule is C=CCNCC(=O)c1occc1Br. The Kier molecular flexibility index (Phi) is 3.92. The molecule has 70 valence electrons. The van der Waals surface area contributed by atoms with Gasteiger partial charge in [-0.05, 0) is 22.0 Å². The van der Waals surface area contributed by atoms with Crippen LogP contribution in [0.2, 0.25) is 0 Å². The highest BCUT2D eigenvalue weighted by atomic mass is 79.9. The maximum atomic E-state index is 11.4. The van der Waals surface area contributed by atoms with Crippen molar-refractivity contribution in [2.45, 2.75) is 0 Å². The Morgan fingerprint density at radius 2 is 2.54 bits per heavy atom. The van der Waals surface area contributed by atoms with E-state index in [4.69, 9.17) is 4.42 Å². The maximum absolute atomic E-state index is 11.4. The molecule has 0 atom stereocenters. The fourth-order valence-corrected chi connectivity index (χ4v) is 1.28. The van der Waals surface area contributed by atoms with E-state index in [0.29, 0.717) is 16.8 Å². The van der Waals surface area contributed by atoms with Crippen molar-refractivity contribution in [2.24, 2.45) is 0 Å². The van der Waals surface area contributed by atoms with Gasteiger partial charge in [0.25, 0.3) is 0 Å². The lowest BCUT2D eigenvalue weighted by molar-refractivity contribution is 0.0965. The predicted octanol–water partition coefficient (Wildman–Crippen LogP) is 2.00. The molecular formula is C9H10BrNO2. The number of carbonyl (C=O) groups excluding carboxylic acids is 1. The normalized spacial score (nSPS) is 9.92. The third-order valence-corrected chi connectivity index (χ3v) is 2.07. The molecular weight excluding hydrogens is 234 g/mol. The summed E-state index contributed by atoms with van der Waals surface area (Å²) in [6.45, 7) is 4.41. The van der Waals surface area contributed by atoms with E-state index in [1.807, 2.05) is 0 Å². The van der Waals surface area contributed by atoms with Gasteiger partial charge in [-0.25, -0.2) is 0 Å². The molecule has 1 aromatic rings. The minimum Gasteiger partial charge on any atom is -0.460 e. The number of nitrogens with one attached hydrogen (secondary N) is 1. The Hall–Kier alpha value is -0.870. The van der Waals surface area contributed by atoms with Crippen LogP contribution in [0.3, 0.4) is 0 Å². The monoisotopic (exact) mass is 243 g/mol. The fraction of sp³-hybridized carbons (Fsp3) is 0.222. The van der Waals surface area contributed by atoms with Gasteiger partial charge in [0.2, 0.25) is 5.78 Å². The average Bonchev–Trinajstić information content (AvgIpc) is 2.52. The molecule has 0 spiro atoms. The molecule has 0 fully saturated rings. The van der Waals surface area contributed by atoms with Crippen LogP contribution in [0.5, 0.6) is 0 Å². The molecule has 4 heteroatoms. The van der Waals surface area contributed by atoms with Crippen LogP contribution in [0.15, 0.2) is 33.9 Å². The van der Waals surface area contributed by atoms with E-state index >= 15 is 0 Å². The van der Waals surface area contributed by atoms with Gasteiger partial charge in [0.15, 0.2) is 5.76 Å². The lowest BCUT2D eigenvalue weighted by atomic mass is 10.3. The smallest absolute Gasteiger partial charge is 0.212 e. The second kappa shape index (κ2) is 4.99. The molecule has 0 aromatic carbocycles. The van der Waals surface area contributed by atoms with Crippen LogP contribution in [0.1, 0.15) is 10.6 Å². The van der Waals surface area contributed by atoms with Gasteiger partial charge in [-0.1, -0.05) is 6.08 Å². The zero-order valence-corrected chi connectivity index (χ0v) is 8.63. The van der Waals surface area contributed by atoms with Crippen molar-refractivity contribution in [3.8, 4) is 0 Å². The summed E-state index contributed by atoms with van der Waals surface area (Å²) in [5.41, 5.74) is 0. The molecule has 1 heterocycles. The van der Waals surface area contributed by atoms with Gasteiger partial charge in [0, 0.05) is 6.54 Å². The number of halogens is 1. The largest absolute Gasteiger partial charge is 0.460 e. The Morgan fingerprint density at radius 3 is 3.08 bits per heavy atom. The van der Waals surface area contributed by atoms with Gasteiger partial charge in [-0.2, -0.15) is 0 Å². The highest BCUT2D eigenvalue weighted by molar-refractivity contribution is 9.10. The van der Waals surface area contributed by atoms with E-state index in [1.165, 1.54) is 6.26 Å². The number of hydrogen-bond donors (Lipinski definition) is 1.